The van der Waals surface area contributed by atoms with Crippen LogP contribution in [0.2, 0.25) is 0 Å². The van der Waals surface area contributed by atoms with Gasteiger partial charge in [-0.1, -0.05) is 0 Å². The Morgan fingerprint density at radius 1 is 1.46 bits per heavy atom. The highest BCUT2D eigenvalue weighted by Gasteiger charge is 2.43. The number of hydrogen-bond donors (Lipinski definition) is 1. The Hall–Kier alpha value is 0.350. The van der Waals surface area contributed by atoms with Crippen LogP contribution >= 0.6 is 9.24 Å². The molecule has 2 fully saturated rings. The van der Waals surface area contributed by atoms with Crippen LogP contribution in [0.5, 0.6) is 0 Å². The van der Waals surface area contributed by atoms with E-state index in [4.69, 9.17) is 0 Å². The molecule has 0 radical (unpaired) electrons. The van der Waals surface area contributed by atoms with Crippen molar-refractivity contribution in [3.63, 3.8) is 0 Å². The van der Waals surface area contributed by atoms with Crippen molar-refractivity contribution in [1.29, 1.82) is 0 Å². The van der Waals surface area contributed by atoms with E-state index in [0.717, 1.165) is 0 Å². The molecule has 2 unspecified atom stereocenters. The van der Waals surface area contributed by atoms with Crippen molar-refractivity contribution in [3.05, 3.63) is 0 Å². The largest absolute Gasteiger partial charge is 0.395 e. The molecule has 1 N–H and O–H groups in total. The second kappa shape index (κ2) is 3.84. The molecular weight excluding hydrogens is 181 g/mol. The molecule has 1 saturated heterocycles. The summed E-state index contributed by atoms with van der Waals surface area (Å²) in [5.41, 5.74) is 0.614. The van der Waals surface area contributed by atoms with E-state index in [9.17, 15) is 5.11 Å². The molecule has 3 heteroatoms. The maximum Gasteiger partial charge on any atom is 0.0586 e. The molecule has 0 bridgehead atoms. The Balaban J connectivity index is 1.86. The average Bonchev–Trinajstić information content (AvgIpc) is 2.78. The van der Waals surface area contributed by atoms with E-state index in [0.29, 0.717) is 18.1 Å². The van der Waals surface area contributed by atoms with Gasteiger partial charge in [-0.15, -0.1) is 9.24 Å². The quantitative estimate of drug-likeness (QED) is 0.688. The van der Waals surface area contributed by atoms with Crippen molar-refractivity contribution < 1.29 is 5.11 Å². The summed E-state index contributed by atoms with van der Waals surface area (Å²) in [6.07, 6.45) is 6.50. The zero-order valence-corrected chi connectivity index (χ0v) is 9.36. The summed E-state index contributed by atoms with van der Waals surface area (Å²) in [6, 6.07) is 0.467. The number of aliphatic hydroxyl groups excluding tert-OH is 1. The van der Waals surface area contributed by atoms with E-state index in [1.807, 2.05) is 0 Å². The number of rotatable bonds is 4. The molecule has 1 aliphatic heterocycles. The lowest BCUT2D eigenvalue weighted by atomic mass is 10.1. The maximum atomic E-state index is 9.18. The third-order valence-electron chi connectivity index (χ3n) is 3.64. The first-order chi connectivity index (χ1) is 6.29. The molecule has 0 amide bonds. The number of nitrogens with zero attached hydrogens (tertiary/aromatic N) is 1. The number of aliphatic hydroxyl groups is 1. The van der Waals surface area contributed by atoms with Crippen LogP contribution in [-0.2, 0) is 0 Å². The summed E-state index contributed by atoms with van der Waals surface area (Å²) in [5, 5.41) is 9.18. The van der Waals surface area contributed by atoms with Gasteiger partial charge >= 0.3 is 0 Å². The molecule has 2 nitrogen and oxygen atoms in total. The molecule has 0 aromatic carbocycles. The first-order valence-electron chi connectivity index (χ1n) is 5.35. The lowest BCUT2D eigenvalue weighted by Gasteiger charge is -2.27. The predicted molar refractivity (Wildman–Crippen MR) is 57.9 cm³/mol. The molecule has 1 heterocycles. The molecule has 0 aromatic heterocycles. The standard InChI is InChI=1S/C10H20NOP/c12-6-9-2-1-5-11(9)7-10(8-13)3-4-10/h9,12H,1-8,13H2. The first-order valence-corrected chi connectivity index (χ1v) is 6.16. The molecular formula is C10H20NOP. The van der Waals surface area contributed by atoms with Gasteiger partial charge in [-0.2, -0.15) is 0 Å². The van der Waals surface area contributed by atoms with Gasteiger partial charge in [0.05, 0.1) is 6.61 Å². The lowest BCUT2D eigenvalue weighted by Crippen LogP contribution is -2.37. The van der Waals surface area contributed by atoms with Crippen LogP contribution in [0.4, 0.5) is 0 Å². The average molecular weight is 201 g/mol. The Morgan fingerprint density at radius 2 is 2.23 bits per heavy atom. The minimum atomic E-state index is 0.354. The smallest absolute Gasteiger partial charge is 0.0586 e. The summed E-state index contributed by atoms with van der Waals surface area (Å²) in [6.45, 7) is 2.78. The van der Waals surface area contributed by atoms with E-state index in [2.05, 4.69) is 14.1 Å². The van der Waals surface area contributed by atoms with Gasteiger partial charge in [0.25, 0.3) is 0 Å². The maximum absolute atomic E-state index is 9.18. The van der Waals surface area contributed by atoms with Crippen molar-refractivity contribution in [1.82, 2.24) is 4.90 Å². The van der Waals surface area contributed by atoms with Crippen molar-refractivity contribution in [2.24, 2.45) is 5.41 Å². The monoisotopic (exact) mass is 201 g/mol. The Bertz CT molecular complexity index is 182. The first kappa shape index (κ1) is 9.89. The molecule has 1 saturated carbocycles. The van der Waals surface area contributed by atoms with Crippen molar-refractivity contribution in [3.8, 4) is 0 Å². The molecule has 13 heavy (non-hydrogen) atoms. The van der Waals surface area contributed by atoms with E-state index in [-0.39, 0.29) is 0 Å². The van der Waals surface area contributed by atoms with Gasteiger partial charge in [-0.3, -0.25) is 4.90 Å². The summed E-state index contributed by atoms with van der Waals surface area (Å²) in [7, 11) is 2.88. The Kier molecular flexibility index (Phi) is 2.92. The Labute approximate surface area is 82.9 Å². The van der Waals surface area contributed by atoms with E-state index < -0.39 is 0 Å². The van der Waals surface area contributed by atoms with Gasteiger partial charge in [0, 0.05) is 12.6 Å². The lowest BCUT2D eigenvalue weighted by molar-refractivity contribution is 0.141. The van der Waals surface area contributed by atoms with E-state index in [1.165, 1.54) is 44.9 Å². The fourth-order valence-corrected chi connectivity index (χ4v) is 2.88. The second-order valence-electron chi connectivity index (χ2n) is 4.65. The molecule has 2 rings (SSSR count). The zero-order chi connectivity index (χ0) is 9.31. The summed E-state index contributed by atoms with van der Waals surface area (Å²) in [4.78, 5) is 2.50. The summed E-state index contributed by atoms with van der Waals surface area (Å²) >= 11 is 0. The number of likely N-dealkylation sites (tertiary alicyclic amines) is 1. The topological polar surface area (TPSA) is 23.5 Å². The van der Waals surface area contributed by atoms with Crippen LogP contribution in [0.25, 0.3) is 0 Å². The van der Waals surface area contributed by atoms with E-state index >= 15 is 0 Å². The molecule has 76 valence electrons. The van der Waals surface area contributed by atoms with Gasteiger partial charge in [0.15, 0.2) is 0 Å². The summed E-state index contributed by atoms with van der Waals surface area (Å²) in [5.74, 6) is 0. The fraction of sp³-hybridized carbons (Fsp3) is 1.00. The van der Waals surface area contributed by atoms with Crippen LogP contribution in [0, 0.1) is 5.41 Å². The zero-order valence-electron chi connectivity index (χ0n) is 8.21. The third kappa shape index (κ3) is 2.06. The predicted octanol–water partition coefficient (Wildman–Crippen LogP) is 1.10. The van der Waals surface area contributed by atoms with Crippen LogP contribution in [0.1, 0.15) is 25.7 Å². The minimum Gasteiger partial charge on any atom is -0.395 e. The highest BCUT2D eigenvalue weighted by atomic mass is 31.0. The molecule has 2 aliphatic rings. The van der Waals surface area contributed by atoms with Crippen molar-refractivity contribution in [2.75, 3.05) is 25.9 Å². The SMILES string of the molecule is OCC1CCCN1CC1(CP)CC1. The second-order valence-corrected chi connectivity index (χ2v) is 5.06. The van der Waals surface area contributed by atoms with Crippen LogP contribution in [0.3, 0.4) is 0 Å². The minimum absolute atomic E-state index is 0.354. The number of hydrogen-bond acceptors (Lipinski definition) is 2. The summed E-state index contributed by atoms with van der Waals surface area (Å²) < 4.78 is 0. The van der Waals surface area contributed by atoms with Crippen LogP contribution in [-0.4, -0.2) is 41.9 Å². The fourth-order valence-electron chi connectivity index (χ4n) is 2.34. The van der Waals surface area contributed by atoms with Gasteiger partial charge in [0.2, 0.25) is 0 Å². The molecule has 2 atom stereocenters. The molecule has 0 aromatic rings. The van der Waals surface area contributed by atoms with Gasteiger partial charge < -0.3 is 5.11 Å². The molecule has 1 aliphatic carbocycles. The van der Waals surface area contributed by atoms with E-state index in [1.54, 1.807) is 0 Å². The van der Waals surface area contributed by atoms with Gasteiger partial charge in [-0.25, -0.2) is 0 Å². The van der Waals surface area contributed by atoms with Gasteiger partial charge in [0.1, 0.15) is 0 Å². The Morgan fingerprint density at radius 3 is 2.77 bits per heavy atom. The van der Waals surface area contributed by atoms with Crippen molar-refractivity contribution in [2.45, 2.75) is 31.7 Å². The van der Waals surface area contributed by atoms with Crippen molar-refractivity contribution >= 4 is 9.24 Å². The van der Waals surface area contributed by atoms with Crippen LogP contribution in [0.15, 0.2) is 0 Å². The normalized spacial score (nSPS) is 32.3. The highest BCUT2D eigenvalue weighted by Crippen LogP contribution is 2.48. The van der Waals surface area contributed by atoms with Gasteiger partial charge in [-0.05, 0) is 43.8 Å². The highest BCUT2D eigenvalue weighted by molar-refractivity contribution is 7.16. The molecule has 0 spiro atoms. The third-order valence-corrected chi connectivity index (χ3v) is 4.50. The van der Waals surface area contributed by atoms with Crippen LogP contribution < -0.4 is 0 Å².